The molecule has 1 aliphatic heterocycles. The van der Waals surface area contributed by atoms with Gasteiger partial charge in [0.2, 0.25) is 15.9 Å². The zero-order valence-corrected chi connectivity index (χ0v) is 16.0. The largest absolute Gasteiger partial charge is 0.379 e. The minimum absolute atomic E-state index is 0.162. The Morgan fingerprint density at radius 1 is 1.23 bits per heavy atom. The zero-order valence-electron chi connectivity index (χ0n) is 14.3. The van der Waals surface area contributed by atoms with Gasteiger partial charge >= 0.3 is 0 Å². The van der Waals surface area contributed by atoms with E-state index in [9.17, 15) is 13.2 Å². The number of nitrogens with one attached hydrogen (secondary N) is 1. The van der Waals surface area contributed by atoms with Crippen LogP contribution in [-0.2, 0) is 19.6 Å². The molecule has 2 aromatic rings. The molecule has 1 aromatic carbocycles. The standard InChI is InChI=1S/C18H20N2O4S2/c1-14-5-6-16(25-14)7-8-18(21)19-15-3-2-4-17(13-15)26(22,23)20-9-11-24-12-10-20/h2-8,13H,9-12H2,1H3,(H,19,21)/b8-7+. The maximum absolute atomic E-state index is 12.7. The van der Waals surface area contributed by atoms with Gasteiger partial charge in [0.15, 0.2) is 0 Å². The van der Waals surface area contributed by atoms with Crippen LogP contribution in [-0.4, -0.2) is 44.9 Å². The van der Waals surface area contributed by atoms with E-state index < -0.39 is 10.0 Å². The molecule has 3 rings (SSSR count). The number of rotatable bonds is 5. The minimum Gasteiger partial charge on any atom is -0.379 e. The summed E-state index contributed by atoms with van der Waals surface area (Å²) in [5, 5.41) is 2.71. The maximum Gasteiger partial charge on any atom is 0.248 e. The summed E-state index contributed by atoms with van der Waals surface area (Å²) in [5.74, 6) is -0.308. The number of amides is 1. The second kappa shape index (κ2) is 8.13. The molecule has 1 aliphatic rings. The molecule has 0 aliphatic carbocycles. The quantitative estimate of drug-likeness (QED) is 0.794. The highest BCUT2D eigenvalue weighted by Gasteiger charge is 2.26. The Bertz CT molecular complexity index is 913. The van der Waals surface area contributed by atoms with Crippen molar-refractivity contribution in [1.82, 2.24) is 4.31 Å². The number of anilines is 1. The minimum atomic E-state index is -3.59. The van der Waals surface area contributed by atoms with E-state index in [-0.39, 0.29) is 10.8 Å². The van der Waals surface area contributed by atoms with Gasteiger partial charge in [0, 0.05) is 34.6 Å². The molecule has 0 spiro atoms. The highest BCUT2D eigenvalue weighted by molar-refractivity contribution is 7.89. The molecule has 138 valence electrons. The van der Waals surface area contributed by atoms with Crippen molar-refractivity contribution in [3.05, 3.63) is 52.2 Å². The molecule has 1 N–H and O–H groups in total. The molecule has 1 aromatic heterocycles. The second-order valence-corrected chi connectivity index (χ2v) is 9.07. The van der Waals surface area contributed by atoms with Crippen molar-refractivity contribution in [2.24, 2.45) is 0 Å². The smallest absolute Gasteiger partial charge is 0.248 e. The summed E-state index contributed by atoms with van der Waals surface area (Å²) in [7, 11) is -3.59. The van der Waals surface area contributed by atoms with Gasteiger partial charge < -0.3 is 10.1 Å². The lowest BCUT2D eigenvalue weighted by atomic mass is 10.3. The van der Waals surface area contributed by atoms with Gasteiger partial charge in [-0.2, -0.15) is 4.31 Å². The average Bonchev–Trinajstić information content (AvgIpc) is 3.06. The van der Waals surface area contributed by atoms with Gasteiger partial charge in [-0.15, -0.1) is 11.3 Å². The Labute approximate surface area is 157 Å². The van der Waals surface area contributed by atoms with Crippen LogP contribution >= 0.6 is 11.3 Å². The van der Waals surface area contributed by atoms with E-state index in [1.54, 1.807) is 29.5 Å². The van der Waals surface area contributed by atoms with Gasteiger partial charge in [-0.3, -0.25) is 4.79 Å². The zero-order chi connectivity index (χ0) is 18.6. The summed E-state index contributed by atoms with van der Waals surface area (Å²) < 4.78 is 32.0. The summed E-state index contributed by atoms with van der Waals surface area (Å²) in [6, 6.07) is 10.2. The van der Waals surface area contributed by atoms with Gasteiger partial charge in [0.25, 0.3) is 0 Å². The topological polar surface area (TPSA) is 75.7 Å². The van der Waals surface area contributed by atoms with Crippen molar-refractivity contribution in [2.75, 3.05) is 31.6 Å². The van der Waals surface area contributed by atoms with Crippen LogP contribution in [0.5, 0.6) is 0 Å². The Kier molecular flexibility index (Phi) is 5.87. The summed E-state index contributed by atoms with van der Waals surface area (Å²) in [5.41, 5.74) is 0.441. The van der Waals surface area contributed by atoms with Crippen LogP contribution in [0.15, 0.2) is 47.4 Å². The summed E-state index contributed by atoms with van der Waals surface area (Å²) in [6.07, 6.45) is 3.18. The molecule has 1 fully saturated rings. The van der Waals surface area contributed by atoms with Crippen LogP contribution in [0.2, 0.25) is 0 Å². The molecule has 0 saturated carbocycles. The fourth-order valence-electron chi connectivity index (χ4n) is 2.56. The maximum atomic E-state index is 12.7. The van der Waals surface area contributed by atoms with E-state index in [1.165, 1.54) is 27.4 Å². The van der Waals surface area contributed by atoms with Gasteiger partial charge in [-0.25, -0.2) is 8.42 Å². The summed E-state index contributed by atoms with van der Waals surface area (Å²) in [4.78, 5) is 14.4. The number of thiophene rings is 1. The third kappa shape index (κ3) is 4.59. The number of aryl methyl sites for hydroxylation is 1. The average molecular weight is 393 g/mol. The predicted molar refractivity (Wildman–Crippen MR) is 103 cm³/mol. The fourth-order valence-corrected chi connectivity index (χ4v) is 4.79. The third-order valence-electron chi connectivity index (χ3n) is 3.87. The molecule has 0 atom stereocenters. The molecule has 0 radical (unpaired) electrons. The summed E-state index contributed by atoms with van der Waals surface area (Å²) >= 11 is 1.60. The van der Waals surface area contributed by atoms with Gasteiger partial charge in [0.1, 0.15) is 0 Å². The van der Waals surface area contributed by atoms with Crippen molar-refractivity contribution >= 4 is 39.0 Å². The SMILES string of the molecule is Cc1ccc(/C=C/C(=O)Nc2cccc(S(=O)(=O)N3CCOCC3)c2)s1. The van der Waals surface area contributed by atoms with Crippen LogP contribution in [0, 0.1) is 6.92 Å². The normalized spacial score (nSPS) is 16.0. The van der Waals surface area contributed by atoms with E-state index >= 15 is 0 Å². The molecule has 8 heteroatoms. The van der Waals surface area contributed by atoms with E-state index in [2.05, 4.69) is 5.32 Å². The first-order valence-corrected chi connectivity index (χ1v) is 10.4. The van der Waals surface area contributed by atoms with Crippen LogP contribution in [0.3, 0.4) is 0 Å². The summed E-state index contributed by atoms with van der Waals surface area (Å²) in [6.45, 7) is 3.46. The second-order valence-electron chi connectivity index (χ2n) is 5.82. The molecule has 1 amide bonds. The monoisotopic (exact) mass is 392 g/mol. The fraction of sp³-hybridized carbons (Fsp3) is 0.278. The van der Waals surface area contributed by atoms with Gasteiger partial charge in [-0.1, -0.05) is 6.07 Å². The van der Waals surface area contributed by atoms with Crippen molar-refractivity contribution in [1.29, 1.82) is 0 Å². The Morgan fingerprint density at radius 3 is 2.69 bits per heavy atom. The lowest BCUT2D eigenvalue weighted by Gasteiger charge is -2.26. The van der Waals surface area contributed by atoms with E-state index in [1.807, 2.05) is 19.1 Å². The lowest BCUT2D eigenvalue weighted by molar-refractivity contribution is -0.111. The van der Waals surface area contributed by atoms with Crippen molar-refractivity contribution in [3.8, 4) is 0 Å². The number of nitrogens with zero attached hydrogens (tertiary/aromatic N) is 1. The third-order valence-corrected chi connectivity index (χ3v) is 6.73. The number of carbonyl (C=O) groups excluding carboxylic acids is 1. The van der Waals surface area contributed by atoms with E-state index in [0.29, 0.717) is 32.0 Å². The number of ether oxygens (including phenoxy) is 1. The predicted octanol–water partition coefficient (Wildman–Crippen LogP) is 2.73. The van der Waals surface area contributed by atoms with Gasteiger partial charge in [-0.05, 0) is 43.3 Å². The molecule has 6 nitrogen and oxygen atoms in total. The van der Waals surface area contributed by atoms with Crippen LogP contribution in [0.4, 0.5) is 5.69 Å². The molecule has 26 heavy (non-hydrogen) atoms. The van der Waals surface area contributed by atoms with Crippen LogP contribution in [0.1, 0.15) is 9.75 Å². The van der Waals surface area contributed by atoms with E-state index in [4.69, 9.17) is 4.74 Å². The molecular weight excluding hydrogens is 372 g/mol. The molecule has 0 unspecified atom stereocenters. The first-order chi connectivity index (χ1) is 12.4. The Morgan fingerprint density at radius 2 is 2.00 bits per heavy atom. The molecule has 0 bridgehead atoms. The Hall–Kier alpha value is -2.00. The van der Waals surface area contributed by atoms with Gasteiger partial charge in [0.05, 0.1) is 18.1 Å². The number of hydrogen-bond acceptors (Lipinski definition) is 5. The van der Waals surface area contributed by atoms with Crippen molar-refractivity contribution in [3.63, 3.8) is 0 Å². The van der Waals surface area contributed by atoms with Crippen LogP contribution < -0.4 is 5.32 Å². The molecular formula is C18H20N2O4S2. The molecule has 2 heterocycles. The highest BCUT2D eigenvalue weighted by atomic mass is 32.2. The number of sulfonamides is 1. The highest BCUT2D eigenvalue weighted by Crippen LogP contribution is 2.21. The first kappa shape index (κ1) is 18.8. The number of carbonyl (C=O) groups is 1. The number of morpholine rings is 1. The van der Waals surface area contributed by atoms with E-state index in [0.717, 1.165) is 4.88 Å². The lowest BCUT2D eigenvalue weighted by Crippen LogP contribution is -2.40. The first-order valence-electron chi connectivity index (χ1n) is 8.18. The Balaban J connectivity index is 1.70. The van der Waals surface area contributed by atoms with Crippen molar-refractivity contribution in [2.45, 2.75) is 11.8 Å². The van der Waals surface area contributed by atoms with Crippen molar-refractivity contribution < 1.29 is 17.9 Å². The van der Waals surface area contributed by atoms with Crippen LogP contribution in [0.25, 0.3) is 6.08 Å². The number of hydrogen-bond donors (Lipinski definition) is 1. The number of benzene rings is 1. The molecule has 1 saturated heterocycles.